The molecule has 0 aliphatic rings. The van der Waals surface area contributed by atoms with Crippen molar-refractivity contribution in [3.8, 4) is 11.5 Å². The standard InChI is InChI=1S/C20H26FN3O2.HI/c1-14-12-17(21)6-4-15(14)8-10-23-20(22-2)24-11-9-16-5-7-18(26-3)13-19(16)25;/h4-7,12-13,25H,8-11H2,1-3H3,(H2,22,23,24);1H. The van der Waals surface area contributed by atoms with Crippen LogP contribution in [0.4, 0.5) is 4.39 Å². The van der Waals surface area contributed by atoms with E-state index in [9.17, 15) is 9.50 Å². The molecule has 0 fully saturated rings. The molecular weight excluding hydrogens is 460 g/mol. The van der Waals surface area contributed by atoms with Crippen LogP contribution in [0.25, 0.3) is 0 Å². The quantitative estimate of drug-likeness (QED) is 0.318. The first kappa shape index (κ1) is 23.0. The molecule has 3 N–H and O–H groups in total. The first-order valence-corrected chi connectivity index (χ1v) is 8.59. The van der Waals surface area contributed by atoms with Crippen molar-refractivity contribution in [2.24, 2.45) is 4.99 Å². The summed E-state index contributed by atoms with van der Waals surface area (Å²) in [5, 5.41) is 16.4. The number of hydrogen-bond acceptors (Lipinski definition) is 3. The molecule has 5 nitrogen and oxygen atoms in total. The highest BCUT2D eigenvalue weighted by atomic mass is 127. The van der Waals surface area contributed by atoms with Crippen LogP contribution in [0.5, 0.6) is 11.5 Å². The van der Waals surface area contributed by atoms with Gasteiger partial charge in [0.05, 0.1) is 7.11 Å². The van der Waals surface area contributed by atoms with Gasteiger partial charge in [0.15, 0.2) is 5.96 Å². The van der Waals surface area contributed by atoms with Gasteiger partial charge >= 0.3 is 0 Å². The van der Waals surface area contributed by atoms with Crippen molar-refractivity contribution >= 4 is 29.9 Å². The molecule has 0 saturated heterocycles. The van der Waals surface area contributed by atoms with Crippen LogP contribution in [-0.4, -0.2) is 38.3 Å². The first-order valence-electron chi connectivity index (χ1n) is 8.59. The van der Waals surface area contributed by atoms with E-state index in [0.29, 0.717) is 31.2 Å². The van der Waals surface area contributed by atoms with Gasteiger partial charge in [0, 0.05) is 26.2 Å². The van der Waals surface area contributed by atoms with Gasteiger partial charge in [-0.2, -0.15) is 0 Å². The Morgan fingerprint density at radius 3 is 2.26 bits per heavy atom. The number of benzene rings is 2. The highest BCUT2D eigenvalue weighted by molar-refractivity contribution is 14.0. The third-order valence-electron chi connectivity index (χ3n) is 4.19. The second-order valence-corrected chi connectivity index (χ2v) is 5.99. The summed E-state index contributed by atoms with van der Waals surface area (Å²) in [4.78, 5) is 4.19. The molecule has 2 rings (SSSR count). The second kappa shape index (κ2) is 11.6. The van der Waals surface area contributed by atoms with E-state index >= 15 is 0 Å². The highest BCUT2D eigenvalue weighted by Crippen LogP contribution is 2.23. The minimum Gasteiger partial charge on any atom is -0.508 e. The van der Waals surface area contributed by atoms with Crippen molar-refractivity contribution < 1.29 is 14.2 Å². The summed E-state index contributed by atoms with van der Waals surface area (Å²) >= 11 is 0. The van der Waals surface area contributed by atoms with Crippen LogP contribution in [-0.2, 0) is 12.8 Å². The van der Waals surface area contributed by atoms with Gasteiger partial charge in [-0.15, -0.1) is 24.0 Å². The summed E-state index contributed by atoms with van der Waals surface area (Å²) in [5.74, 6) is 1.34. The van der Waals surface area contributed by atoms with Gasteiger partial charge in [-0.3, -0.25) is 4.99 Å². The molecule has 0 amide bonds. The maximum absolute atomic E-state index is 13.1. The van der Waals surface area contributed by atoms with Crippen LogP contribution in [0.2, 0.25) is 0 Å². The number of rotatable bonds is 7. The highest BCUT2D eigenvalue weighted by Gasteiger charge is 2.05. The zero-order chi connectivity index (χ0) is 18.9. The summed E-state index contributed by atoms with van der Waals surface area (Å²) in [6.45, 7) is 3.24. The molecular formula is C20H27FIN3O2. The van der Waals surface area contributed by atoms with E-state index < -0.39 is 0 Å². The zero-order valence-electron chi connectivity index (χ0n) is 15.9. The largest absolute Gasteiger partial charge is 0.508 e. The third-order valence-corrected chi connectivity index (χ3v) is 4.19. The number of guanidine groups is 1. The molecule has 0 bridgehead atoms. The third kappa shape index (κ3) is 7.24. The summed E-state index contributed by atoms with van der Waals surface area (Å²) in [7, 11) is 3.28. The van der Waals surface area contributed by atoms with E-state index in [2.05, 4.69) is 15.6 Å². The predicted octanol–water partition coefficient (Wildman–Crippen LogP) is 3.42. The molecule has 0 spiro atoms. The monoisotopic (exact) mass is 487 g/mol. The molecule has 0 heterocycles. The van der Waals surface area contributed by atoms with Gasteiger partial charge in [-0.05, 0) is 54.7 Å². The number of halogens is 2. The minimum atomic E-state index is -0.210. The molecule has 0 unspecified atom stereocenters. The number of nitrogens with one attached hydrogen (secondary N) is 2. The normalized spacial score (nSPS) is 10.9. The van der Waals surface area contributed by atoms with Crippen LogP contribution < -0.4 is 15.4 Å². The average Bonchev–Trinajstić information content (AvgIpc) is 2.63. The van der Waals surface area contributed by atoms with Crippen LogP contribution >= 0.6 is 24.0 Å². The Bertz CT molecular complexity index is 769. The van der Waals surface area contributed by atoms with Crippen molar-refractivity contribution in [2.75, 3.05) is 27.2 Å². The lowest BCUT2D eigenvalue weighted by atomic mass is 10.1. The number of aryl methyl sites for hydroxylation is 1. The Morgan fingerprint density at radius 2 is 1.70 bits per heavy atom. The van der Waals surface area contributed by atoms with Crippen LogP contribution in [0, 0.1) is 12.7 Å². The smallest absolute Gasteiger partial charge is 0.190 e. The maximum Gasteiger partial charge on any atom is 0.190 e. The van der Waals surface area contributed by atoms with Crippen molar-refractivity contribution in [1.29, 1.82) is 0 Å². The van der Waals surface area contributed by atoms with E-state index in [1.807, 2.05) is 25.1 Å². The van der Waals surface area contributed by atoms with Gasteiger partial charge in [0.25, 0.3) is 0 Å². The van der Waals surface area contributed by atoms with Crippen LogP contribution in [0.15, 0.2) is 41.4 Å². The van der Waals surface area contributed by atoms with E-state index in [0.717, 1.165) is 23.1 Å². The summed E-state index contributed by atoms with van der Waals surface area (Å²) in [6.07, 6.45) is 1.44. The fraction of sp³-hybridized carbons (Fsp3) is 0.350. The molecule has 0 atom stereocenters. The van der Waals surface area contributed by atoms with E-state index in [1.54, 1.807) is 26.3 Å². The second-order valence-electron chi connectivity index (χ2n) is 5.99. The maximum atomic E-state index is 13.1. The zero-order valence-corrected chi connectivity index (χ0v) is 18.2. The topological polar surface area (TPSA) is 65.9 Å². The van der Waals surface area contributed by atoms with Gasteiger partial charge in [0.1, 0.15) is 17.3 Å². The number of ether oxygens (including phenoxy) is 1. The first-order chi connectivity index (χ1) is 12.5. The fourth-order valence-corrected chi connectivity index (χ4v) is 2.67. The van der Waals surface area contributed by atoms with Crippen molar-refractivity contribution in [3.63, 3.8) is 0 Å². The average molecular weight is 487 g/mol. The Labute approximate surface area is 177 Å². The van der Waals surface area contributed by atoms with Crippen LogP contribution in [0.3, 0.4) is 0 Å². The summed E-state index contributed by atoms with van der Waals surface area (Å²) in [6, 6.07) is 10.1. The van der Waals surface area contributed by atoms with Gasteiger partial charge in [0.2, 0.25) is 0 Å². The van der Waals surface area contributed by atoms with Gasteiger partial charge in [-0.1, -0.05) is 12.1 Å². The molecule has 27 heavy (non-hydrogen) atoms. The summed E-state index contributed by atoms with van der Waals surface area (Å²) in [5.41, 5.74) is 2.90. The molecule has 0 radical (unpaired) electrons. The molecule has 0 aromatic heterocycles. The number of phenolic OH excluding ortho intramolecular Hbond substituents is 1. The lowest BCUT2D eigenvalue weighted by Gasteiger charge is -2.13. The summed E-state index contributed by atoms with van der Waals surface area (Å²) < 4.78 is 18.2. The fourth-order valence-electron chi connectivity index (χ4n) is 2.67. The number of aliphatic imine (C=N–C) groups is 1. The Kier molecular flexibility index (Phi) is 9.92. The number of methoxy groups -OCH3 is 1. The molecule has 2 aromatic carbocycles. The lowest BCUT2D eigenvalue weighted by Crippen LogP contribution is -2.39. The Hall–Kier alpha value is -2.03. The van der Waals surface area contributed by atoms with E-state index in [4.69, 9.17) is 4.74 Å². The molecule has 148 valence electrons. The molecule has 0 aliphatic carbocycles. The lowest BCUT2D eigenvalue weighted by molar-refractivity contribution is 0.406. The van der Waals surface area contributed by atoms with E-state index in [-0.39, 0.29) is 35.5 Å². The SMILES string of the molecule is CN=C(NCCc1ccc(F)cc1C)NCCc1ccc(OC)cc1O.I. The molecule has 2 aromatic rings. The van der Waals surface area contributed by atoms with Crippen molar-refractivity contribution in [2.45, 2.75) is 19.8 Å². The molecule has 0 saturated carbocycles. The Balaban J connectivity index is 0.00000364. The van der Waals surface area contributed by atoms with Crippen molar-refractivity contribution in [1.82, 2.24) is 10.6 Å². The predicted molar refractivity (Wildman–Crippen MR) is 118 cm³/mol. The number of phenols is 1. The van der Waals surface area contributed by atoms with Gasteiger partial charge < -0.3 is 20.5 Å². The minimum absolute atomic E-state index is 0. The van der Waals surface area contributed by atoms with Gasteiger partial charge in [-0.25, -0.2) is 4.39 Å². The number of aromatic hydroxyl groups is 1. The number of hydrogen-bond donors (Lipinski definition) is 3. The molecule has 7 heteroatoms. The van der Waals surface area contributed by atoms with Crippen molar-refractivity contribution in [3.05, 3.63) is 58.9 Å². The van der Waals surface area contributed by atoms with Crippen LogP contribution in [0.1, 0.15) is 16.7 Å². The molecule has 0 aliphatic heterocycles. The van der Waals surface area contributed by atoms with E-state index in [1.165, 1.54) is 6.07 Å². The number of nitrogens with zero attached hydrogens (tertiary/aromatic N) is 1. The Morgan fingerprint density at radius 1 is 1.07 bits per heavy atom.